The molecule has 17 heteroatoms. The van der Waals surface area contributed by atoms with Gasteiger partial charge in [-0.15, -0.1) is 5.11 Å². The lowest BCUT2D eigenvalue weighted by Crippen LogP contribution is -2.08. The highest BCUT2D eigenvalue weighted by atomic mass is 32.2. The number of anilines is 1. The molecule has 0 saturated heterocycles. The van der Waals surface area contributed by atoms with Crippen molar-refractivity contribution in [3.63, 3.8) is 0 Å². The standard InChI is InChI=1S/C39H43N7O8S2/c1-24-18-33(25(2)17-32(24)40)44-46-37-21-28(5)36(23-39(37)54-14-8-16-56(50,51)52)45-43-35-20-26(3)34(19-27(35)4)42-41-30-12-11-29-9-6-10-38(31(29)22-30)53-13-7-15-55(47,48)49/h6,9-12,17-23H,7-8,13-16,40H2,1-5H3,(H,47,48,49)(H,50,51,52). The first-order valence-corrected chi connectivity index (χ1v) is 20.7. The largest absolute Gasteiger partial charge is 0.493 e. The lowest BCUT2D eigenvalue weighted by Gasteiger charge is -2.11. The molecule has 56 heavy (non-hydrogen) atoms. The van der Waals surface area contributed by atoms with E-state index in [1.807, 2.05) is 89.2 Å². The highest BCUT2D eigenvalue weighted by molar-refractivity contribution is 7.86. The summed E-state index contributed by atoms with van der Waals surface area (Å²) in [5.41, 5.74) is 14.1. The van der Waals surface area contributed by atoms with Gasteiger partial charge < -0.3 is 15.2 Å². The summed E-state index contributed by atoms with van der Waals surface area (Å²) in [7, 11) is -8.21. The first-order valence-electron chi connectivity index (χ1n) is 17.5. The topological polar surface area (TPSA) is 227 Å². The van der Waals surface area contributed by atoms with E-state index in [2.05, 4.69) is 30.7 Å². The van der Waals surface area contributed by atoms with Gasteiger partial charge in [0.05, 0.1) is 53.2 Å². The number of hydrogen-bond acceptors (Lipinski definition) is 13. The van der Waals surface area contributed by atoms with E-state index in [0.717, 1.165) is 38.6 Å². The number of azo groups is 3. The first kappa shape index (κ1) is 41.5. The zero-order valence-electron chi connectivity index (χ0n) is 31.6. The molecule has 0 bridgehead atoms. The molecule has 294 valence electrons. The van der Waals surface area contributed by atoms with Crippen molar-refractivity contribution in [2.24, 2.45) is 30.7 Å². The SMILES string of the molecule is Cc1cc(N=Nc2cc(C)c(N=Nc3cc(C)c(N=Nc4ccc5cccc(OCCCS(=O)(=O)O)c5c4)cc3C)cc2OCCCS(=O)(=O)O)c(C)cc1N. The first-order chi connectivity index (χ1) is 26.5. The van der Waals surface area contributed by atoms with Crippen LogP contribution in [-0.2, 0) is 20.2 Å². The van der Waals surface area contributed by atoms with Gasteiger partial charge in [0.2, 0.25) is 0 Å². The van der Waals surface area contributed by atoms with E-state index in [9.17, 15) is 16.8 Å². The number of nitrogens with two attached hydrogens (primary N) is 1. The van der Waals surface area contributed by atoms with Gasteiger partial charge in [-0.25, -0.2) is 0 Å². The molecule has 0 radical (unpaired) electrons. The van der Waals surface area contributed by atoms with E-state index in [0.29, 0.717) is 51.3 Å². The summed E-state index contributed by atoms with van der Waals surface area (Å²) >= 11 is 0. The minimum atomic E-state index is -4.15. The fourth-order valence-electron chi connectivity index (χ4n) is 5.49. The molecular formula is C39H43N7O8S2. The lowest BCUT2D eigenvalue weighted by atomic mass is 10.1. The number of nitrogens with zero attached hydrogens (tertiary/aromatic N) is 6. The second kappa shape index (κ2) is 17.9. The van der Waals surface area contributed by atoms with E-state index in [1.165, 1.54) is 0 Å². The molecule has 4 N–H and O–H groups in total. The fraction of sp³-hybridized carbons (Fsp3) is 0.282. The van der Waals surface area contributed by atoms with E-state index < -0.39 is 26.0 Å². The molecule has 0 aliphatic carbocycles. The molecule has 0 amide bonds. The Balaban J connectivity index is 1.36. The van der Waals surface area contributed by atoms with Crippen LogP contribution in [0.1, 0.15) is 40.7 Å². The van der Waals surface area contributed by atoms with Gasteiger partial charge in [0.1, 0.15) is 17.2 Å². The summed E-state index contributed by atoms with van der Waals surface area (Å²) in [5, 5.41) is 28.6. The number of aryl methyl sites for hydroxylation is 5. The van der Waals surface area contributed by atoms with Crippen LogP contribution in [0.25, 0.3) is 10.8 Å². The van der Waals surface area contributed by atoms with Crippen molar-refractivity contribution in [1.82, 2.24) is 0 Å². The second-order valence-corrected chi connectivity index (χ2v) is 16.4. The molecule has 0 saturated carbocycles. The molecule has 5 aromatic carbocycles. The average molecular weight is 802 g/mol. The van der Waals surface area contributed by atoms with E-state index >= 15 is 0 Å². The molecule has 15 nitrogen and oxygen atoms in total. The van der Waals surface area contributed by atoms with Crippen LogP contribution in [0, 0.1) is 34.6 Å². The lowest BCUT2D eigenvalue weighted by molar-refractivity contribution is 0.317. The van der Waals surface area contributed by atoms with Crippen LogP contribution < -0.4 is 15.2 Å². The molecule has 0 heterocycles. The third kappa shape index (κ3) is 11.7. The van der Waals surface area contributed by atoms with Gasteiger partial charge in [-0.3, -0.25) is 9.11 Å². The maximum absolute atomic E-state index is 11.3. The molecule has 0 aromatic heterocycles. The van der Waals surface area contributed by atoms with Gasteiger partial charge in [-0.2, -0.15) is 42.4 Å². The Labute approximate surface area is 325 Å². The van der Waals surface area contributed by atoms with Crippen LogP contribution in [0.3, 0.4) is 0 Å². The normalized spacial score (nSPS) is 12.4. The maximum Gasteiger partial charge on any atom is 0.264 e. The monoisotopic (exact) mass is 801 g/mol. The summed E-state index contributed by atoms with van der Waals surface area (Å²) in [4.78, 5) is 0. The summed E-state index contributed by atoms with van der Waals surface area (Å²) in [6.45, 7) is 9.49. The minimum Gasteiger partial charge on any atom is -0.493 e. The predicted molar refractivity (Wildman–Crippen MR) is 217 cm³/mol. The highest BCUT2D eigenvalue weighted by Crippen LogP contribution is 2.39. The number of ether oxygens (including phenoxy) is 2. The Morgan fingerprint density at radius 3 is 1.57 bits per heavy atom. The maximum atomic E-state index is 11.3. The quantitative estimate of drug-likeness (QED) is 0.0372. The molecule has 0 aliphatic rings. The molecular weight excluding hydrogens is 759 g/mol. The Hall–Kier alpha value is -5.62. The van der Waals surface area contributed by atoms with Crippen molar-refractivity contribution in [2.75, 3.05) is 30.5 Å². The van der Waals surface area contributed by atoms with Gasteiger partial charge in [0.15, 0.2) is 0 Å². The molecule has 5 rings (SSSR count). The smallest absolute Gasteiger partial charge is 0.264 e. The van der Waals surface area contributed by atoms with Gasteiger partial charge in [0.25, 0.3) is 20.2 Å². The highest BCUT2D eigenvalue weighted by Gasteiger charge is 2.13. The zero-order valence-corrected chi connectivity index (χ0v) is 33.2. The van der Waals surface area contributed by atoms with Crippen molar-refractivity contribution < 1.29 is 35.4 Å². The minimum absolute atomic E-state index is 0.00982. The number of nitrogen functional groups attached to an aromatic ring is 1. The number of fused-ring (bicyclic) bond motifs is 1. The van der Waals surface area contributed by atoms with Crippen molar-refractivity contribution in [3.05, 3.63) is 101 Å². The van der Waals surface area contributed by atoms with Crippen LogP contribution in [0.15, 0.2) is 103 Å². The van der Waals surface area contributed by atoms with Gasteiger partial charge in [0, 0.05) is 17.1 Å². The molecule has 0 atom stereocenters. The Morgan fingerprint density at radius 1 is 0.536 bits per heavy atom. The molecule has 0 aliphatic heterocycles. The Morgan fingerprint density at radius 2 is 1.00 bits per heavy atom. The summed E-state index contributed by atoms with van der Waals surface area (Å²) < 4.78 is 74.5. The van der Waals surface area contributed by atoms with Crippen LogP contribution in [0.2, 0.25) is 0 Å². The van der Waals surface area contributed by atoms with Crippen LogP contribution >= 0.6 is 0 Å². The number of rotatable bonds is 16. The second-order valence-electron chi connectivity index (χ2n) is 13.3. The molecule has 0 unspecified atom stereocenters. The summed E-state index contributed by atoms with van der Waals surface area (Å²) in [5.74, 6) is 0.0250. The van der Waals surface area contributed by atoms with Crippen molar-refractivity contribution in [3.8, 4) is 11.5 Å². The average Bonchev–Trinajstić information content (AvgIpc) is 3.12. The van der Waals surface area contributed by atoms with E-state index in [-0.39, 0.29) is 31.8 Å². The third-order valence-electron chi connectivity index (χ3n) is 8.61. The molecule has 5 aromatic rings. The van der Waals surface area contributed by atoms with Gasteiger partial charge in [-0.05, 0) is 129 Å². The molecule has 0 fully saturated rings. The summed E-state index contributed by atoms with van der Waals surface area (Å²) in [6, 6.07) is 21.9. The number of benzene rings is 5. The summed E-state index contributed by atoms with van der Waals surface area (Å²) in [6.07, 6.45) is 0.196. The van der Waals surface area contributed by atoms with Crippen LogP contribution in [0.5, 0.6) is 11.5 Å². The van der Waals surface area contributed by atoms with E-state index in [4.69, 9.17) is 24.3 Å². The van der Waals surface area contributed by atoms with Crippen molar-refractivity contribution in [1.29, 1.82) is 0 Å². The Kier molecular flexibility index (Phi) is 13.3. The Bertz CT molecular complexity index is 2580. The van der Waals surface area contributed by atoms with Gasteiger partial charge in [-0.1, -0.05) is 18.2 Å². The van der Waals surface area contributed by atoms with Crippen LogP contribution in [-0.4, -0.2) is 50.7 Å². The van der Waals surface area contributed by atoms with Crippen molar-refractivity contribution in [2.45, 2.75) is 47.5 Å². The predicted octanol–water partition coefficient (Wildman–Crippen LogP) is 10.5. The third-order valence-corrected chi connectivity index (χ3v) is 10.2. The van der Waals surface area contributed by atoms with E-state index in [1.54, 1.807) is 18.2 Å². The van der Waals surface area contributed by atoms with Gasteiger partial charge >= 0.3 is 0 Å². The fourth-order valence-corrected chi connectivity index (χ4v) is 6.46. The van der Waals surface area contributed by atoms with Crippen molar-refractivity contribution >= 4 is 70.8 Å². The number of hydrogen-bond donors (Lipinski definition) is 3. The molecule has 0 spiro atoms. The zero-order chi connectivity index (χ0) is 40.6. The van der Waals surface area contributed by atoms with Crippen LogP contribution in [0.4, 0.5) is 39.8 Å².